The summed E-state index contributed by atoms with van der Waals surface area (Å²) in [4.78, 5) is -0.0273. The molecule has 2 N–H and O–H groups in total. The van der Waals surface area contributed by atoms with Crippen LogP contribution in [0.5, 0.6) is 0 Å². The summed E-state index contributed by atoms with van der Waals surface area (Å²) in [5.41, 5.74) is 2.38. The van der Waals surface area contributed by atoms with Gasteiger partial charge in [-0.25, -0.2) is 16.8 Å². The fourth-order valence-electron chi connectivity index (χ4n) is 2.02. The maximum absolute atomic E-state index is 12.2. The van der Waals surface area contributed by atoms with Crippen LogP contribution >= 0.6 is 11.3 Å². The highest BCUT2D eigenvalue weighted by Gasteiger charge is 2.16. The average Bonchev–Trinajstić information content (AvgIpc) is 3.13. The zero-order chi connectivity index (χ0) is 19.3. The summed E-state index contributed by atoms with van der Waals surface area (Å²) in [6.07, 6.45) is 1.47. The van der Waals surface area contributed by atoms with Crippen LogP contribution < -0.4 is 9.44 Å². The third-order valence-corrected chi connectivity index (χ3v) is 6.35. The van der Waals surface area contributed by atoms with Crippen molar-refractivity contribution in [3.8, 4) is 0 Å². The Kier molecular flexibility index (Phi) is 5.54. The van der Waals surface area contributed by atoms with Gasteiger partial charge in [0.05, 0.1) is 10.3 Å². The number of anilines is 2. The number of nitrogens with zero attached hydrogens (tertiary/aromatic N) is 2. The van der Waals surface area contributed by atoms with E-state index in [1.54, 1.807) is 24.3 Å². The minimum Gasteiger partial charge on any atom is -0.280 e. The van der Waals surface area contributed by atoms with Crippen molar-refractivity contribution in [3.05, 3.63) is 71.1 Å². The van der Waals surface area contributed by atoms with Gasteiger partial charge in [0.15, 0.2) is 0 Å². The lowest BCUT2D eigenvalue weighted by Crippen LogP contribution is -2.13. The largest absolute Gasteiger partial charge is 0.280 e. The molecule has 0 radical (unpaired) electrons. The van der Waals surface area contributed by atoms with E-state index < -0.39 is 20.0 Å². The molecule has 0 spiro atoms. The number of nitrogens with one attached hydrogen (secondary N) is 2. The lowest BCUT2D eigenvalue weighted by molar-refractivity contribution is 0.601. The van der Waals surface area contributed by atoms with Gasteiger partial charge in [-0.05, 0) is 35.9 Å². The molecule has 11 heteroatoms. The van der Waals surface area contributed by atoms with Crippen molar-refractivity contribution in [1.29, 1.82) is 0 Å². The first-order valence-corrected chi connectivity index (χ1v) is 11.4. The summed E-state index contributed by atoms with van der Waals surface area (Å²) in [7, 11) is -7.56. The maximum Gasteiger partial charge on any atom is 0.263 e. The number of benzene rings is 2. The first-order chi connectivity index (χ1) is 12.8. The SMILES string of the molecule is O=S(=O)(C=Cc1ccccc1)Nc1ccc(S(=O)(=O)Nc2nncs2)cc1. The molecule has 0 saturated heterocycles. The second-order valence-electron chi connectivity index (χ2n) is 5.23. The monoisotopic (exact) mass is 422 g/mol. The molecule has 3 rings (SSSR count). The fourth-order valence-corrected chi connectivity index (χ4v) is 4.59. The standard InChI is InChI=1S/C16H14N4O4S3/c21-26(22,11-10-13-4-2-1-3-5-13)19-14-6-8-15(9-7-14)27(23,24)20-16-18-17-12-25-16/h1-12,19H,(H,18,20). The molecule has 0 saturated carbocycles. The molecule has 0 bridgehead atoms. The van der Waals surface area contributed by atoms with Gasteiger partial charge in [0.1, 0.15) is 5.51 Å². The van der Waals surface area contributed by atoms with E-state index in [4.69, 9.17) is 0 Å². The van der Waals surface area contributed by atoms with Gasteiger partial charge in [0, 0.05) is 5.69 Å². The summed E-state index contributed by atoms with van der Waals surface area (Å²) in [6, 6.07) is 14.3. The summed E-state index contributed by atoms with van der Waals surface area (Å²) < 4.78 is 53.4. The molecule has 27 heavy (non-hydrogen) atoms. The second kappa shape index (κ2) is 7.86. The van der Waals surface area contributed by atoms with E-state index >= 15 is 0 Å². The Labute approximate surface area is 160 Å². The van der Waals surface area contributed by atoms with Gasteiger partial charge in [-0.2, -0.15) is 0 Å². The third-order valence-electron chi connectivity index (χ3n) is 3.25. The Balaban J connectivity index is 1.71. The normalized spacial score (nSPS) is 12.1. The van der Waals surface area contributed by atoms with Crippen LogP contribution in [0.2, 0.25) is 0 Å². The molecular formula is C16H14N4O4S3. The number of rotatable bonds is 7. The molecule has 0 unspecified atom stereocenters. The van der Waals surface area contributed by atoms with Gasteiger partial charge < -0.3 is 0 Å². The summed E-state index contributed by atoms with van der Waals surface area (Å²) >= 11 is 1.05. The zero-order valence-electron chi connectivity index (χ0n) is 13.7. The van der Waals surface area contributed by atoms with Crippen LogP contribution in [0, 0.1) is 0 Å². The van der Waals surface area contributed by atoms with Crippen LogP contribution in [0.15, 0.2) is 70.4 Å². The number of sulfonamides is 2. The highest BCUT2D eigenvalue weighted by Crippen LogP contribution is 2.19. The minimum atomic E-state index is -3.82. The minimum absolute atomic E-state index is 0.0273. The number of hydrogen-bond donors (Lipinski definition) is 2. The van der Waals surface area contributed by atoms with Gasteiger partial charge in [-0.3, -0.25) is 9.44 Å². The van der Waals surface area contributed by atoms with Crippen LogP contribution in [0.4, 0.5) is 10.8 Å². The second-order valence-corrected chi connectivity index (χ2v) is 9.32. The van der Waals surface area contributed by atoms with E-state index in [-0.39, 0.29) is 15.7 Å². The lowest BCUT2D eigenvalue weighted by Gasteiger charge is -2.07. The lowest BCUT2D eigenvalue weighted by atomic mass is 10.2. The zero-order valence-corrected chi connectivity index (χ0v) is 16.1. The fraction of sp³-hybridized carbons (Fsp3) is 0. The van der Waals surface area contributed by atoms with Gasteiger partial charge in [0.2, 0.25) is 5.13 Å². The van der Waals surface area contributed by atoms with Gasteiger partial charge in [-0.1, -0.05) is 41.7 Å². The van der Waals surface area contributed by atoms with Gasteiger partial charge in [0.25, 0.3) is 20.0 Å². The molecule has 0 aliphatic carbocycles. The van der Waals surface area contributed by atoms with Crippen molar-refractivity contribution in [2.24, 2.45) is 0 Å². The Bertz CT molecular complexity index is 1130. The maximum atomic E-state index is 12.2. The Hall–Kier alpha value is -2.76. The molecule has 0 amide bonds. The first kappa shape index (κ1) is 19.0. The van der Waals surface area contributed by atoms with E-state index in [0.717, 1.165) is 22.3 Å². The van der Waals surface area contributed by atoms with Crippen LogP contribution in [-0.2, 0) is 20.0 Å². The molecule has 0 aliphatic heterocycles. The molecule has 0 aliphatic rings. The topological polar surface area (TPSA) is 118 Å². The van der Waals surface area contributed by atoms with E-state index in [1.807, 2.05) is 6.07 Å². The van der Waals surface area contributed by atoms with Crippen molar-refractivity contribution in [3.63, 3.8) is 0 Å². The smallest absolute Gasteiger partial charge is 0.263 e. The summed E-state index contributed by atoms with van der Waals surface area (Å²) in [5.74, 6) is 0. The predicted octanol–water partition coefficient (Wildman–Crippen LogP) is 2.75. The van der Waals surface area contributed by atoms with Crippen molar-refractivity contribution in [2.75, 3.05) is 9.44 Å². The van der Waals surface area contributed by atoms with E-state index in [2.05, 4.69) is 19.6 Å². The van der Waals surface area contributed by atoms with E-state index in [1.165, 1.54) is 35.9 Å². The Morgan fingerprint density at radius 2 is 1.59 bits per heavy atom. The van der Waals surface area contributed by atoms with E-state index in [9.17, 15) is 16.8 Å². The molecule has 1 aromatic heterocycles. The highest BCUT2D eigenvalue weighted by atomic mass is 32.2. The summed E-state index contributed by atoms with van der Waals surface area (Å²) in [6.45, 7) is 0. The summed E-state index contributed by atoms with van der Waals surface area (Å²) in [5, 5.41) is 8.36. The van der Waals surface area contributed by atoms with Crippen LogP contribution in [0.1, 0.15) is 5.56 Å². The molecule has 0 fully saturated rings. The molecule has 2 aromatic carbocycles. The Morgan fingerprint density at radius 3 is 2.22 bits per heavy atom. The van der Waals surface area contributed by atoms with Crippen LogP contribution in [0.3, 0.4) is 0 Å². The molecule has 3 aromatic rings. The average molecular weight is 423 g/mol. The number of aromatic nitrogens is 2. The quantitative estimate of drug-likeness (QED) is 0.604. The molecule has 140 valence electrons. The Morgan fingerprint density at radius 1 is 0.889 bits per heavy atom. The predicted molar refractivity (Wildman–Crippen MR) is 105 cm³/mol. The third kappa shape index (κ3) is 5.36. The first-order valence-electron chi connectivity index (χ1n) is 7.49. The molecule has 0 atom stereocenters. The van der Waals surface area contributed by atoms with Crippen LogP contribution in [-0.4, -0.2) is 27.0 Å². The van der Waals surface area contributed by atoms with Crippen molar-refractivity contribution < 1.29 is 16.8 Å². The number of hydrogen-bond acceptors (Lipinski definition) is 7. The van der Waals surface area contributed by atoms with Crippen molar-refractivity contribution in [1.82, 2.24) is 10.2 Å². The van der Waals surface area contributed by atoms with E-state index in [0.29, 0.717) is 0 Å². The van der Waals surface area contributed by atoms with Gasteiger partial charge >= 0.3 is 0 Å². The molecule has 1 heterocycles. The highest BCUT2D eigenvalue weighted by molar-refractivity contribution is 7.95. The van der Waals surface area contributed by atoms with Crippen molar-refractivity contribution in [2.45, 2.75) is 4.90 Å². The molecule has 8 nitrogen and oxygen atoms in total. The van der Waals surface area contributed by atoms with Crippen molar-refractivity contribution >= 4 is 48.3 Å². The van der Waals surface area contributed by atoms with Crippen LogP contribution in [0.25, 0.3) is 6.08 Å². The van der Waals surface area contributed by atoms with Gasteiger partial charge in [-0.15, -0.1) is 10.2 Å². The molecular weight excluding hydrogens is 408 g/mol.